The number of carbonyl (C=O) groups is 1. The van der Waals surface area contributed by atoms with Crippen LogP contribution in [0.2, 0.25) is 5.02 Å². The summed E-state index contributed by atoms with van der Waals surface area (Å²) in [5, 5.41) is 0.222. The first-order valence-corrected chi connectivity index (χ1v) is 11.0. The maximum absolute atomic E-state index is 13.0. The Morgan fingerprint density at radius 1 is 1.18 bits per heavy atom. The molecule has 0 aliphatic carbocycles. The van der Waals surface area contributed by atoms with E-state index in [1.807, 2.05) is 18.2 Å². The molecule has 1 N–H and O–H groups in total. The predicted molar refractivity (Wildman–Crippen MR) is 111 cm³/mol. The van der Waals surface area contributed by atoms with Crippen molar-refractivity contribution in [1.82, 2.24) is 9.62 Å². The molecule has 0 atom stereocenters. The standard InChI is InChI=1S/C20H24ClN3O3S/c1-22-28(26,27)16-9-10-18(21)17(13-16)20(25)23(2)14-15-7-3-4-8-19(15)24-11-5-6-12-24/h3-4,7-10,13,22H,5-6,11-12,14H2,1-2H3. The van der Waals surface area contributed by atoms with E-state index in [-0.39, 0.29) is 21.4 Å². The van der Waals surface area contributed by atoms with E-state index in [0.29, 0.717) is 6.54 Å². The first-order chi connectivity index (χ1) is 13.3. The molecule has 0 radical (unpaired) electrons. The molecule has 1 fully saturated rings. The summed E-state index contributed by atoms with van der Waals surface area (Å²) in [6.45, 7) is 2.44. The van der Waals surface area contributed by atoms with Crippen molar-refractivity contribution in [3.63, 3.8) is 0 Å². The van der Waals surface area contributed by atoms with E-state index in [4.69, 9.17) is 11.6 Å². The Bertz CT molecular complexity index is 972. The second-order valence-electron chi connectivity index (χ2n) is 6.83. The van der Waals surface area contributed by atoms with Gasteiger partial charge in [-0.05, 0) is 49.7 Å². The van der Waals surface area contributed by atoms with Gasteiger partial charge in [0, 0.05) is 32.4 Å². The van der Waals surface area contributed by atoms with Gasteiger partial charge in [-0.25, -0.2) is 13.1 Å². The van der Waals surface area contributed by atoms with Crippen LogP contribution in [-0.2, 0) is 16.6 Å². The molecule has 150 valence electrons. The molecule has 0 unspecified atom stereocenters. The Balaban J connectivity index is 1.85. The van der Waals surface area contributed by atoms with Gasteiger partial charge in [0.05, 0.1) is 15.5 Å². The molecule has 1 amide bonds. The van der Waals surface area contributed by atoms with Crippen molar-refractivity contribution in [2.45, 2.75) is 24.3 Å². The highest BCUT2D eigenvalue weighted by atomic mass is 35.5. The quantitative estimate of drug-likeness (QED) is 0.778. The highest BCUT2D eigenvalue weighted by Crippen LogP contribution is 2.27. The number of halogens is 1. The summed E-state index contributed by atoms with van der Waals surface area (Å²) in [6.07, 6.45) is 2.34. The lowest BCUT2D eigenvalue weighted by Gasteiger charge is -2.25. The molecule has 0 bridgehead atoms. The van der Waals surface area contributed by atoms with E-state index in [9.17, 15) is 13.2 Å². The summed E-state index contributed by atoms with van der Waals surface area (Å²) < 4.78 is 26.4. The van der Waals surface area contributed by atoms with Crippen molar-refractivity contribution in [3.8, 4) is 0 Å². The first-order valence-electron chi connectivity index (χ1n) is 9.15. The van der Waals surface area contributed by atoms with E-state index in [1.54, 1.807) is 11.9 Å². The van der Waals surface area contributed by atoms with E-state index >= 15 is 0 Å². The van der Waals surface area contributed by atoms with Gasteiger partial charge in [0.25, 0.3) is 5.91 Å². The van der Waals surface area contributed by atoms with Crippen molar-refractivity contribution in [3.05, 3.63) is 58.6 Å². The normalized spacial score (nSPS) is 14.3. The number of hydrogen-bond acceptors (Lipinski definition) is 4. The molecule has 6 nitrogen and oxygen atoms in total. The van der Waals surface area contributed by atoms with Crippen molar-refractivity contribution < 1.29 is 13.2 Å². The van der Waals surface area contributed by atoms with Crippen molar-refractivity contribution in [1.29, 1.82) is 0 Å². The fraction of sp³-hybridized carbons (Fsp3) is 0.350. The van der Waals surface area contributed by atoms with Crippen LogP contribution in [0.5, 0.6) is 0 Å². The second kappa shape index (κ2) is 8.51. The molecule has 1 heterocycles. The molecular formula is C20H24ClN3O3S. The molecule has 28 heavy (non-hydrogen) atoms. The number of nitrogens with zero attached hydrogens (tertiary/aromatic N) is 2. The van der Waals surface area contributed by atoms with E-state index < -0.39 is 10.0 Å². The van der Waals surface area contributed by atoms with Crippen molar-refractivity contribution in [2.24, 2.45) is 0 Å². The van der Waals surface area contributed by atoms with Gasteiger partial charge in [0.2, 0.25) is 10.0 Å². The summed E-state index contributed by atoms with van der Waals surface area (Å²) in [4.78, 5) is 16.9. The zero-order valence-corrected chi connectivity index (χ0v) is 17.6. The monoisotopic (exact) mass is 421 g/mol. The third-order valence-corrected chi connectivity index (χ3v) is 6.68. The SMILES string of the molecule is CNS(=O)(=O)c1ccc(Cl)c(C(=O)N(C)Cc2ccccc2N2CCCC2)c1. The summed E-state index contributed by atoms with van der Waals surface area (Å²) in [7, 11) is -0.640. The molecule has 0 saturated carbocycles. The molecule has 0 aromatic heterocycles. The number of benzene rings is 2. The van der Waals surface area contributed by atoms with Crippen LogP contribution in [0.1, 0.15) is 28.8 Å². The Hall–Kier alpha value is -2.09. The van der Waals surface area contributed by atoms with Crippen molar-refractivity contribution >= 4 is 33.2 Å². The summed E-state index contributed by atoms with van der Waals surface area (Å²) in [5.41, 5.74) is 2.35. The largest absolute Gasteiger partial charge is 0.371 e. The summed E-state index contributed by atoms with van der Waals surface area (Å²) in [5.74, 6) is -0.325. The lowest BCUT2D eigenvalue weighted by Crippen LogP contribution is -2.28. The van der Waals surface area contributed by atoms with E-state index in [0.717, 1.165) is 24.3 Å². The van der Waals surface area contributed by atoms with Gasteiger partial charge in [0.15, 0.2) is 0 Å². The molecule has 8 heteroatoms. The fourth-order valence-corrected chi connectivity index (χ4v) is 4.35. The molecule has 1 aliphatic rings. The van der Waals surface area contributed by atoms with Crippen LogP contribution in [-0.4, -0.2) is 46.4 Å². The number of hydrogen-bond donors (Lipinski definition) is 1. The molecular weight excluding hydrogens is 398 g/mol. The smallest absolute Gasteiger partial charge is 0.255 e. The van der Waals surface area contributed by atoms with Crippen LogP contribution in [0, 0.1) is 0 Å². The Kier molecular flexibility index (Phi) is 6.27. The predicted octanol–water partition coefficient (Wildman–Crippen LogP) is 3.12. The third-order valence-electron chi connectivity index (χ3n) is 4.94. The van der Waals surface area contributed by atoms with Crippen LogP contribution < -0.4 is 9.62 Å². The highest BCUT2D eigenvalue weighted by molar-refractivity contribution is 7.89. The van der Waals surface area contributed by atoms with Crippen LogP contribution >= 0.6 is 11.6 Å². The van der Waals surface area contributed by atoms with Crippen LogP contribution in [0.25, 0.3) is 0 Å². The topological polar surface area (TPSA) is 69.7 Å². The summed E-state index contributed by atoms with van der Waals surface area (Å²) >= 11 is 6.20. The third kappa shape index (κ3) is 4.32. The molecule has 2 aromatic rings. The Morgan fingerprint density at radius 3 is 2.54 bits per heavy atom. The van der Waals surface area contributed by atoms with Gasteiger partial charge in [-0.1, -0.05) is 29.8 Å². The van der Waals surface area contributed by atoms with Crippen molar-refractivity contribution in [2.75, 3.05) is 32.1 Å². The van der Waals surface area contributed by atoms with E-state index in [2.05, 4.69) is 15.7 Å². The van der Waals surface area contributed by atoms with Gasteiger partial charge in [-0.15, -0.1) is 0 Å². The number of nitrogens with one attached hydrogen (secondary N) is 1. The Labute approximate surface area is 171 Å². The summed E-state index contributed by atoms with van der Waals surface area (Å²) in [6, 6.07) is 12.2. The number of sulfonamides is 1. The molecule has 0 spiro atoms. The number of carbonyl (C=O) groups excluding carboxylic acids is 1. The average molecular weight is 422 g/mol. The fourth-order valence-electron chi connectivity index (χ4n) is 3.40. The number of rotatable bonds is 6. The van der Waals surface area contributed by atoms with E-state index in [1.165, 1.54) is 38.1 Å². The van der Waals surface area contributed by atoms with Gasteiger partial charge >= 0.3 is 0 Å². The number of para-hydroxylation sites is 1. The van der Waals surface area contributed by atoms with Crippen LogP contribution in [0.3, 0.4) is 0 Å². The molecule has 3 rings (SSSR count). The van der Waals surface area contributed by atoms with Crippen LogP contribution in [0.4, 0.5) is 5.69 Å². The van der Waals surface area contributed by atoms with Gasteiger partial charge in [-0.3, -0.25) is 4.79 Å². The minimum atomic E-state index is -3.66. The average Bonchev–Trinajstić information content (AvgIpc) is 3.22. The lowest BCUT2D eigenvalue weighted by atomic mass is 10.1. The highest BCUT2D eigenvalue weighted by Gasteiger charge is 2.22. The molecule has 1 aliphatic heterocycles. The minimum Gasteiger partial charge on any atom is -0.371 e. The number of amides is 1. The zero-order valence-electron chi connectivity index (χ0n) is 16.0. The minimum absolute atomic E-state index is 0.00798. The van der Waals surface area contributed by atoms with Crippen LogP contribution in [0.15, 0.2) is 47.4 Å². The van der Waals surface area contributed by atoms with Gasteiger partial charge in [-0.2, -0.15) is 0 Å². The molecule has 2 aromatic carbocycles. The zero-order chi connectivity index (χ0) is 20.3. The first kappa shape index (κ1) is 20.6. The number of anilines is 1. The lowest BCUT2D eigenvalue weighted by molar-refractivity contribution is 0.0785. The van der Waals surface area contributed by atoms with Gasteiger partial charge in [0.1, 0.15) is 0 Å². The Morgan fingerprint density at radius 2 is 1.86 bits per heavy atom. The van der Waals surface area contributed by atoms with Gasteiger partial charge < -0.3 is 9.80 Å². The maximum atomic E-state index is 13.0. The maximum Gasteiger partial charge on any atom is 0.255 e. The molecule has 1 saturated heterocycles. The second-order valence-corrected chi connectivity index (χ2v) is 9.13.